The van der Waals surface area contributed by atoms with Crippen LogP contribution in [0.3, 0.4) is 0 Å². The number of hydrogen-bond donors (Lipinski definition) is 3. The summed E-state index contributed by atoms with van der Waals surface area (Å²) in [6, 6.07) is 6.17. The number of amides is 1. The Balaban J connectivity index is 2.26. The molecule has 7 heteroatoms. The fourth-order valence-corrected chi connectivity index (χ4v) is 1.88. The number of aromatic hydroxyl groups is 1. The number of nitrogens with one attached hydrogen (secondary N) is 1. The highest BCUT2D eigenvalue weighted by molar-refractivity contribution is 9.10. The summed E-state index contributed by atoms with van der Waals surface area (Å²) in [5.41, 5.74) is 6.21. The van der Waals surface area contributed by atoms with Gasteiger partial charge in [0.05, 0.1) is 27.6 Å². The molecular formula is C12H9BrClN3O2. The standard InChI is InChI=1S/C12H9BrClN3O2/c13-8-4-6(5-16-11(8)14)17-12(19)7-2-1-3-9(15)10(7)18/h1-5,18H,15H2,(H,17,19). The summed E-state index contributed by atoms with van der Waals surface area (Å²) in [4.78, 5) is 15.9. The molecule has 1 heterocycles. The van der Waals surface area contributed by atoms with E-state index in [1.807, 2.05) is 0 Å². The minimum absolute atomic E-state index is 0.0890. The predicted molar refractivity (Wildman–Crippen MR) is 77.4 cm³/mol. The van der Waals surface area contributed by atoms with E-state index in [1.165, 1.54) is 18.3 Å². The zero-order valence-electron chi connectivity index (χ0n) is 9.52. The number of benzene rings is 1. The molecule has 0 saturated carbocycles. The van der Waals surface area contributed by atoms with Crippen molar-refractivity contribution in [2.45, 2.75) is 0 Å². The lowest BCUT2D eigenvalue weighted by molar-refractivity contribution is 0.102. The Morgan fingerprint density at radius 1 is 1.47 bits per heavy atom. The van der Waals surface area contributed by atoms with Crippen LogP contribution in [0.4, 0.5) is 11.4 Å². The van der Waals surface area contributed by atoms with Gasteiger partial charge >= 0.3 is 0 Å². The number of carbonyl (C=O) groups is 1. The van der Waals surface area contributed by atoms with E-state index in [0.29, 0.717) is 15.3 Å². The van der Waals surface area contributed by atoms with Crippen LogP contribution in [0.5, 0.6) is 5.75 Å². The maximum Gasteiger partial charge on any atom is 0.259 e. The van der Waals surface area contributed by atoms with Crippen molar-refractivity contribution in [3.8, 4) is 5.75 Å². The highest BCUT2D eigenvalue weighted by atomic mass is 79.9. The molecule has 0 spiro atoms. The third-order valence-corrected chi connectivity index (χ3v) is 3.50. The van der Waals surface area contributed by atoms with Crippen molar-refractivity contribution >= 4 is 44.8 Å². The molecule has 2 rings (SSSR count). The molecule has 0 bridgehead atoms. The normalized spacial score (nSPS) is 10.2. The van der Waals surface area contributed by atoms with Crippen LogP contribution in [0, 0.1) is 0 Å². The lowest BCUT2D eigenvalue weighted by atomic mass is 10.1. The van der Waals surface area contributed by atoms with Crippen LogP contribution in [0.1, 0.15) is 10.4 Å². The van der Waals surface area contributed by atoms with Crippen LogP contribution in [0.25, 0.3) is 0 Å². The lowest BCUT2D eigenvalue weighted by Crippen LogP contribution is -2.12. The first-order valence-electron chi connectivity index (χ1n) is 5.19. The second-order valence-corrected chi connectivity index (χ2v) is 4.91. The molecule has 2 aromatic rings. The molecule has 19 heavy (non-hydrogen) atoms. The van der Waals surface area contributed by atoms with E-state index < -0.39 is 5.91 Å². The number of para-hydroxylation sites is 1. The summed E-state index contributed by atoms with van der Waals surface area (Å²) >= 11 is 8.96. The summed E-state index contributed by atoms with van der Waals surface area (Å²) in [5, 5.41) is 12.6. The smallest absolute Gasteiger partial charge is 0.259 e. The number of halogens is 2. The minimum Gasteiger partial charge on any atom is -0.505 e. The third-order valence-electron chi connectivity index (χ3n) is 2.37. The van der Waals surface area contributed by atoms with Crippen molar-refractivity contribution < 1.29 is 9.90 Å². The topological polar surface area (TPSA) is 88.2 Å². The highest BCUT2D eigenvalue weighted by Crippen LogP contribution is 2.26. The van der Waals surface area contributed by atoms with Crippen molar-refractivity contribution in [2.24, 2.45) is 0 Å². The van der Waals surface area contributed by atoms with Gasteiger partial charge in [-0.05, 0) is 34.1 Å². The number of phenols is 1. The van der Waals surface area contributed by atoms with Crippen LogP contribution >= 0.6 is 27.5 Å². The molecule has 0 atom stereocenters. The van der Waals surface area contributed by atoms with Crippen LogP contribution in [0.15, 0.2) is 34.9 Å². The Hall–Kier alpha value is -1.79. The van der Waals surface area contributed by atoms with Gasteiger partial charge in [-0.1, -0.05) is 17.7 Å². The van der Waals surface area contributed by atoms with Crippen molar-refractivity contribution in [1.29, 1.82) is 0 Å². The van der Waals surface area contributed by atoms with Gasteiger partial charge < -0.3 is 16.2 Å². The maximum atomic E-state index is 12.0. The van der Waals surface area contributed by atoms with Gasteiger partial charge in [0.25, 0.3) is 5.91 Å². The van der Waals surface area contributed by atoms with E-state index in [0.717, 1.165) is 0 Å². The Morgan fingerprint density at radius 3 is 2.89 bits per heavy atom. The predicted octanol–water partition coefficient (Wildman–Crippen LogP) is 3.04. The van der Waals surface area contributed by atoms with Crippen molar-refractivity contribution in [3.63, 3.8) is 0 Å². The summed E-state index contributed by atoms with van der Waals surface area (Å²) in [5.74, 6) is -0.734. The van der Waals surface area contributed by atoms with Gasteiger partial charge in [0, 0.05) is 0 Å². The van der Waals surface area contributed by atoms with E-state index in [-0.39, 0.29) is 17.0 Å². The molecule has 0 aliphatic heterocycles. The van der Waals surface area contributed by atoms with E-state index in [2.05, 4.69) is 26.2 Å². The highest BCUT2D eigenvalue weighted by Gasteiger charge is 2.13. The molecule has 0 fully saturated rings. The second kappa shape index (κ2) is 5.46. The maximum absolute atomic E-state index is 12.0. The number of rotatable bonds is 2. The van der Waals surface area contributed by atoms with Gasteiger partial charge in [-0.25, -0.2) is 4.98 Å². The van der Waals surface area contributed by atoms with Crippen molar-refractivity contribution in [3.05, 3.63) is 45.7 Å². The number of pyridine rings is 1. The molecule has 0 radical (unpaired) electrons. The summed E-state index contributed by atoms with van der Waals surface area (Å²) < 4.78 is 0.559. The van der Waals surface area contributed by atoms with Crippen molar-refractivity contribution in [2.75, 3.05) is 11.1 Å². The lowest BCUT2D eigenvalue weighted by Gasteiger charge is -2.08. The Labute approximate surface area is 122 Å². The SMILES string of the molecule is Nc1cccc(C(=O)Nc2cnc(Cl)c(Br)c2)c1O. The van der Waals surface area contributed by atoms with Gasteiger partial charge in [0.15, 0.2) is 5.75 Å². The van der Waals surface area contributed by atoms with Gasteiger partial charge in [-0.3, -0.25) is 4.79 Å². The Bertz CT molecular complexity index is 649. The number of anilines is 2. The van der Waals surface area contributed by atoms with Gasteiger partial charge in [0.1, 0.15) is 5.15 Å². The summed E-state index contributed by atoms with van der Waals surface area (Å²) in [6.45, 7) is 0. The molecule has 0 saturated heterocycles. The van der Waals surface area contributed by atoms with E-state index in [4.69, 9.17) is 17.3 Å². The van der Waals surface area contributed by atoms with Crippen LogP contribution in [-0.4, -0.2) is 16.0 Å². The number of carbonyl (C=O) groups excluding carboxylic acids is 1. The zero-order chi connectivity index (χ0) is 14.0. The molecule has 0 aliphatic rings. The molecule has 4 N–H and O–H groups in total. The number of nitrogens with zero attached hydrogens (tertiary/aromatic N) is 1. The minimum atomic E-state index is -0.485. The zero-order valence-corrected chi connectivity index (χ0v) is 11.9. The first-order chi connectivity index (χ1) is 8.99. The van der Waals surface area contributed by atoms with Crippen LogP contribution in [-0.2, 0) is 0 Å². The molecule has 98 valence electrons. The third kappa shape index (κ3) is 2.97. The second-order valence-electron chi connectivity index (χ2n) is 3.69. The molecule has 1 aromatic heterocycles. The largest absolute Gasteiger partial charge is 0.505 e. The molecule has 0 aliphatic carbocycles. The van der Waals surface area contributed by atoms with Gasteiger partial charge in [0.2, 0.25) is 0 Å². The molecule has 5 nitrogen and oxygen atoms in total. The number of aromatic nitrogens is 1. The summed E-state index contributed by atoms with van der Waals surface area (Å²) in [7, 11) is 0. The molecule has 1 amide bonds. The average molecular weight is 343 g/mol. The Morgan fingerprint density at radius 2 is 2.21 bits per heavy atom. The summed E-state index contributed by atoms with van der Waals surface area (Å²) in [6.07, 6.45) is 1.41. The first kappa shape index (κ1) is 13.6. The number of phenolic OH excluding ortho intramolecular Hbond substituents is 1. The quantitative estimate of drug-likeness (QED) is 0.445. The molecule has 1 aromatic carbocycles. The fraction of sp³-hybridized carbons (Fsp3) is 0. The van der Waals surface area contributed by atoms with Gasteiger partial charge in [-0.2, -0.15) is 0 Å². The van der Waals surface area contributed by atoms with Gasteiger partial charge in [-0.15, -0.1) is 0 Å². The van der Waals surface area contributed by atoms with Crippen LogP contribution in [0.2, 0.25) is 5.15 Å². The number of hydrogen-bond acceptors (Lipinski definition) is 4. The van der Waals surface area contributed by atoms with E-state index in [9.17, 15) is 9.90 Å². The monoisotopic (exact) mass is 341 g/mol. The number of nitrogens with two attached hydrogens (primary N) is 1. The van der Waals surface area contributed by atoms with E-state index in [1.54, 1.807) is 12.1 Å². The van der Waals surface area contributed by atoms with Crippen LogP contribution < -0.4 is 11.1 Å². The average Bonchev–Trinajstić information content (AvgIpc) is 2.37. The molecular weight excluding hydrogens is 334 g/mol. The fourth-order valence-electron chi connectivity index (χ4n) is 1.43. The van der Waals surface area contributed by atoms with E-state index >= 15 is 0 Å². The first-order valence-corrected chi connectivity index (χ1v) is 6.36. The van der Waals surface area contributed by atoms with Crippen molar-refractivity contribution in [1.82, 2.24) is 4.98 Å². The Kier molecular flexibility index (Phi) is 3.92. The number of nitrogen functional groups attached to an aromatic ring is 1. The molecule has 0 unspecified atom stereocenters.